The lowest BCUT2D eigenvalue weighted by molar-refractivity contribution is 0.0725. The molecule has 1 aromatic carbocycles. The molecule has 0 spiro atoms. The SMILES string of the molecule is CN(C)C(=O)c1cnn2c([C@H]3CCCN3C(=O)c3ccc4ccccc4n3)ccnc12. The van der Waals surface area contributed by atoms with E-state index in [2.05, 4.69) is 15.1 Å². The Labute approximate surface area is 179 Å². The van der Waals surface area contributed by atoms with Crippen LogP contribution in [0.2, 0.25) is 0 Å². The first-order valence-electron chi connectivity index (χ1n) is 10.3. The van der Waals surface area contributed by atoms with Gasteiger partial charge in [0, 0.05) is 32.2 Å². The van der Waals surface area contributed by atoms with Gasteiger partial charge >= 0.3 is 0 Å². The largest absolute Gasteiger partial charge is 0.345 e. The summed E-state index contributed by atoms with van der Waals surface area (Å²) in [7, 11) is 3.40. The van der Waals surface area contributed by atoms with Crippen LogP contribution in [0.1, 0.15) is 45.4 Å². The second-order valence-corrected chi connectivity index (χ2v) is 7.91. The van der Waals surface area contributed by atoms with Crippen molar-refractivity contribution in [3.8, 4) is 0 Å². The van der Waals surface area contributed by atoms with Crippen LogP contribution in [0.5, 0.6) is 0 Å². The summed E-state index contributed by atoms with van der Waals surface area (Å²) in [5, 5.41) is 5.43. The van der Waals surface area contributed by atoms with E-state index in [-0.39, 0.29) is 17.9 Å². The van der Waals surface area contributed by atoms with Crippen molar-refractivity contribution in [3.05, 3.63) is 71.8 Å². The molecule has 1 fully saturated rings. The van der Waals surface area contributed by atoms with Gasteiger partial charge in [0.25, 0.3) is 11.8 Å². The summed E-state index contributed by atoms with van der Waals surface area (Å²) in [5.74, 6) is -0.255. The molecule has 0 saturated carbocycles. The number of hydrogen-bond acceptors (Lipinski definition) is 5. The molecule has 8 heteroatoms. The first kappa shape index (κ1) is 19.2. The Bertz CT molecular complexity index is 1310. The van der Waals surface area contributed by atoms with Crippen LogP contribution in [0.15, 0.2) is 54.9 Å². The highest BCUT2D eigenvalue weighted by molar-refractivity contribution is 5.99. The van der Waals surface area contributed by atoms with E-state index in [1.807, 2.05) is 41.3 Å². The molecule has 5 rings (SSSR count). The molecule has 2 amide bonds. The van der Waals surface area contributed by atoms with Crippen LogP contribution in [-0.4, -0.2) is 61.8 Å². The average Bonchev–Trinajstić information content (AvgIpc) is 3.45. The maximum atomic E-state index is 13.4. The van der Waals surface area contributed by atoms with Gasteiger partial charge in [0.1, 0.15) is 11.3 Å². The minimum atomic E-state index is -0.159. The van der Waals surface area contributed by atoms with E-state index in [9.17, 15) is 9.59 Å². The molecule has 0 unspecified atom stereocenters. The first-order chi connectivity index (χ1) is 15.0. The second-order valence-electron chi connectivity index (χ2n) is 7.91. The van der Waals surface area contributed by atoms with Gasteiger partial charge in [-0.1, -0.05) is 24.3 Å². The summed E-state index contributed by atoms with van der Waals surface area (Å²) in [6, 6.07) is 13.2. The maximum Gasteiger partial charge on any atom is 0.273 e. The van der Waals surface area contributed by atoms with E-state index in [1.54, 1.807) is 37.1 Å². The highest BCUT2D eigenvalue weighted by atomic mass is 16.2. The number of benzene rings is 1. The summed E-state index contributed by atoms with van der Waals surface area (Å²) >= 11 is 0. The molecule has 0 radical (unpaired) electrons. The molecule has 31 heavy (non-hydrogen) atoms. The summed E-state index contributed by atoms with van der Waals surface area (Å²) in [5.41, 5.74) is 3.02. The third-order valence-corrected chi connectivity index (χ3v) is 5.74. The van der Waals surface area contributed by atoms with Crippen molar-refractivity contribution in [1.29, 1.82) is 0 Å². The zero-order valence-corrected chi connectivity index (χ0v) is 17.4. The highest BCUT2D eigenvalue weighted by Gasteiger charge is 2.33. The topological polar surface area (TPSA) is 83.7 Å². The van der Waals surface area contributed by atoms with Crippen molar-refractivity contribution in [1.82, 2.24) is 29.4 Å². The summed E-state index contributed by atoms with van der Waals surface area (Å²) in [6.45, 7) is 0.645. The quantitative estimate of drug-likeness (QED) is 0.515. The average molecular weight is 414 g/mol. The molecule has 4 aromatic rings. The number of para-hydroxylation sites is 1. The second kappa shape index (κ2) is 7.46. The summed E-state index contributed by atoms with van der Waals surface area (Å²) < 4.78 is 1.68. The summed E-state index contributed by atoms with van der Waals surface area (Å²) in [6.07, 6.45) is 4.92. The molecular weight excluding hydrogens is 392 g/mol. The van der Waals surface area contributed by atoms with Gasteiger partial charge in [-0.05, 0) is 31.0 Å². The number of carbonyl (C=O) groups is 2. The Morgan fingerprint density at radius 1 is 1.10 bits per heavy atom. The van der Waals surface area contributed by atoms with E-state index >= 15 is 0 Å². The van der Waals surface area contributed by atoms with Crippen LogP contribution in [0.25, 0.3) is 16.6 Å². The van der Waals surface area contributed by atoms with Crippen molar-refractivity contribution in [3.63, 3.8) is 0 Å². The van der Waals surface area contributed by atoms with Crippen molar-refractivity contribution in [2.75, 3.05) is 20.6 Å². The van der Waals surface area contributed by atoms with Gasteiger partial charge in [-0.2, -0.15) is 5.10 Å². The zero-order chi connectivity index (χ0) is 21.5. The van der Waals surface area contributed by atoms with Crippen LogP contribution < -0.4 is 0 Å². The van der Waals surface area contributed by atoms with Crippen molar-refractivity contribution >= 4 is 28.4 Å². The Kier molecular flexibility index (Phi) is 4.62. The highest BCUT2D eigenvalue weighted by Crippen LogP contribution is 2.33. The van der Waals surface area contributed by atoms with Gasteiger partial charge in [-0.25, -0.2) is 14.5 Å². The number of aromatic nitrogens is 4. The molecule has 1 aliphatic heterocycles. The molecule has 3 aromatic heterocycles. The fourth-order valence-electron chi connectivity index (χ4n) is 4.20. The molecule has 1 saturated heterocycles. The maximum absolute atomic E-state index is 13.4. The fraction of sp³-hybridized carbons (Fsp3) is 0.261. The molecule has 1 atom stereocenters. The molecular formula is C23H22N6O2. The standard InChI is InChI=1S/C23H22N6O2/c1-27(2)22(30)16-14-25-29-20(11-12-24-21(16)29)19-8-5-13-28(19)23(31)18-10-9-15-6-3-4-7-17(15)26-18/h3-4,6-7,9-12,14,19H,5,8,13H2,1-2H3/t19-/m1/s1. The molecule has 0 aliphatic carbocycles. The van der Waals surface area contributed by atoms with Gasteiger partial charge < -0.3 is 9.80 Å². The lowest BCUT2D eigenvalue weighted by Crippen LogP contribution is -2.32. The lowest BCUT2D eigenvalue weighted by Gasteiger charge is -2.25. The first-order valence-corrected chi connectivity index (χ1v) is 10.3. The van der Waals surface area contributed by atoms with Crippen molar-refractivity contribution < 1.29 is 9.59 Å². The van der Waals surface area contributed by atoms with Crippen molar-refractivity contribution in [2.24, 2.45) is 0 Å². The van der Waals surface area contributed by atoms with E-state index in [0.717, 1.165) is 29.4 Å². The Morgan fingerprint density at radius 2 is 1.94 bits per heavy atom. The number of nitrogens with zero attached hydrogens (tertiary/aromatic N) is 6. The number of fused-ring (bicyclic) bond motifs is 2. The minimum Gasteiger partial charge on any atom is -0.345 e. The normalized spacial score (nSPS) is 16.2. The van der Waals surface area contributed by atoms with Crippen LogP contribution in [0, 0.1) is 0 Å². The third kappa shape index (κ3) is 3.20. The van der Waals surface area contributed by atoms with Crippen LogP contribution >= 0.6 is 0 Å². The molecule has 0 bridgehead atoms. The minimum absolute atomic E-state index is 0.102. The van der Waals surface area contributed by atoms with Crippen LogP contribution in [0.3, 0.4) is 0 Å². The monoisotopic (exact) mass is 414 g/mol. The molecule has 4 heterocycles. The van der Waals surface area contributed by atoms with E-state index in [1.165, 1.54) is 4.90 Å². The Morgan fingerprint density at radius 3 is 2.77 bits per heavy atom. The van der Waals surface area contributed by atoms with Crippen LogP contribution in [-0.2, 0) is 0 Å². The van der Waals surface area contributed by atoms with Gasteiger partial charge in [0.2, 0.25) is 0 Å². The molecule has 1 aliphatic rings. The Balaban J connectivity index is 1.52. The van der Waals surface area contributed by atoms with Gasteiger partial charge in [0.05, 0.1) is 23.4 Å². The lowest BCUT2D eigenvalue weighted by atomic mass is 10.1. The van der Waals surface area contributed by atoms with Gasteiger partial charge in [-0.15, -0.1) is 0 Å². The number of carbonyl (C=O) groups excluding carboxylic acids is 2. The van der Waals surface area contributed by atoms with E-state index in [0.29, 0.717) is 23.4 Å². The third-order valence-electron chi connectivity index (χ3n) is 5.74. The van der Waals surface area contributed by atoms with Gasteiger partial charge in [-0.3, -0.25) is 9.59 Å². The molecule has 0 N–H and O–H groups in total. The predicted molar refractivity (Wildman–Crippen MR) is 116 cm³/mol. The van der Waals surface area contributed by atoms with Gasteiger partial charge in [0.15, 0.2) is 5.65 Å². The smallest absolute Gasteiger partial charge is 0.273 e. The predicted octanol–water partition coefficient (Wildman–Crippen LogP) is 2.96. The van der Waals surface area contributed by atoms with E-state index in [4.69, 9.17) is 0 Å². The molecule has 8 nitrogen and oxygen atoms in total. The van der Waals surface area contributed by atoms with Crippen LogP contribution in [0.4, 0.5) is 0 Å². The number of rotatable bonds is 3. The Hall–Kier alpha value is -3.81. The van der Waals surface area contributed by atoms with Crippen molar-refractivity contribution in [2.45, 2.75) is 18.9 Å². The summed E-state index contributed by atoms with van der Waals surface area (Å²) in [4.78, 5) is 38.2. The molecule has 156 valence electrons. The zero-order valence-electron chi connectivity index (χ0n) is 17.4. The number of pyridine rings is 1. The van der Waals surface area contributed by atoms with E-state index < -0.39 is 0 Å². The number of likely N-dealkylation sites (tertiary alicyclic amines) is 1. The number of amides is 2. The fourth-order valence-corrected chi connectivity index (χ4v) is 4.20. The number of hydrogen-bond donors (Lipinski definition) is 0.